The van der Waals surface area contributed by atoms with E-state index in [1.165, 1.54) is 31.0 Å². The van der Waals surface area contributed by atoms with Crippen LogP contribution in [0.4, 0.5) is 0 Å². The van der Waals surface area contributed by atoms with E-state index >= 15 is 0 Å². The van der Waals surface area contributed by atoms with E-state index in [0.717, 1.165) is 0 Å². The van der Waals surface area contributed by atoms with Crippen LogP contribution < -0.4 is 0 Å². The summed E-state index contributed by atoms with van der Waals surface area (Å²) >= 11 is 0. The molecular formula is C13H17NO4. The lowest BCUT2D eigenvalue weighted by molar-refractivity contribution is -0.153. The van der Waals surface area contributed by atoms with Crippen molar-refractivity contribution in [2.45, 2.75) is 19.9 Å². The molecule has 0 aliphatic rings. The number of hydrogen-bond acceptors (Lipinski definition) is 4. The Hall–Kier alpha value is -2.04. The van der Waals surface area contributed by atoms with E-state index < -0.39 is 12.0 Å². The summed E-state index contributed by atoms with van der Waals surface area (Å²) in [7, 11) is 1.54. The molecule has 1 amide bonds. The first kappa shape index (κ1) is 14.0. The van der Waals surface area contributed by atoms with E-state index in [2.05, 4.69) is 0 Å². The predicted octanol–water partition coefficient (Wildman–Crippen LogP) is 1.47. The van der Waals surface area contributed by atoms with Crippen LogP contribution in [0.3, 0.4) is 0 Å². The molecule has 1 atom stereocenters. The van der Waals surface area contributed by atoms with Gasteiger partial charge in [0, 0.05) is 14.0 Å². The number of esters is 1. The molecule has 1 aromatic carbocycles. The third kappa shape index (κ3) is 3.23. The lowest BCUT2D eigenvalue weighted by Crippen LogP contribution is -2.35. The number of nitrogens with zero attached hydrogens (tertiary/aromatic N) is 1. The molecule has 0 bridgehead atoms. The minimum Gasteiger partial charge on any atom is -0.508 e. The third-order valence-electron chi connectivity index (χ3n) is 2.60. The van der Waals surface area contributed by atoms with E-state index in [1.807, 2.05) is 0 Å². The van der Waals surface area contributed by atoms with Gasteiger partial charge in [-0.15, -0.1) is 0 Å². The average molecular weight is 251 g/mol. The number of likely N-dealkylation sites (N-methyl/N-ethyl adjacent to an activating group) is 1. The van der Waals surface area contributed by atoms with Crippen LogP contribution in [0.25, 0.3) is 0 Å². The molecule has 98 valence electrons. The number of amides is 1. The Balaban J connectivity index is 3.07. The molecule has 1 rings (SSSR count). The van der Waals surface area contributed by atoms with Crippen molar-refractivity contribution in [3.63, 3.8) is 0 Å². The van der Waals surface area contributed by atoms with E-state index in [1.54, 1.807) is 19.1 Å². The predicted molar refractivity (Wildman–Crippen MR) is 65.9 cm³/mol. The van der Waals surface area contributed by atoms with Crippen molar-refractivity contribution >= 4 is 11.9 Å². The van der Waals surface area contributed by atoms with E-state index in [4.69, 9.17) is 4.74 Å². The van der Waals surface area contributed by atoms with Gasteiger partial charge in [0.2, 0.25) is 5.91 Å². The molecule has 5 heteroatoms. The molecular weight excluding hydrogens is 234 g/mol. The van der Waals surface area contributed by atoms with Crippen LogP contribution in [0.2, 0.25) is 0 Å². The van der Waals surface area contributed by atoms with Gasteiger partial charge in [-0.05, 0) is 24.6 Å². The van der Waals surface area contributed by atoms with Gasteiger partial charge in [-0.1, -0.05) is 12.1 Å². The van der Waals surface area contributed by atoms with Crippen molar-refractivity contribution in [3.8, 4) is 5.75 Å². The first-order valence-corrected chi connectivity index (χ1v) is 5.66. The SMILES string of the molecule is CCOC(=O)[C@@H](c1ccc(O)cc1)N(C)C(C)=O. The largest absolute Gasteiger partial charge is 0.508 e. The van der Waals surface area contributed by atoms with Gasteiger partial charge in [-0.25, -0.2) is 4.79 Å². The van der Waals surface area contributed by atoms with Crippen molar-refractivity contribution in [1.29, 1.82) is 0 Å². The van der Waals surface area contributed by atoms with Gasteiger partial charge in [0.25, 0.3) is 0 Å². The molecule has 5 nitrogen and oxygen atoms in total. The second kappa shape index (κ2) is 6.05. The van der Waals surface area contributed by atoms with Crippen molar-refractivity contribution in [1.82, 2.24) is 4.90 Å². The Morgan fingerprint density at radius 1 is 1.33 bits per heavy atom. The van der Waals surface area contributed by atoms with Gasteiger partial charge in [-0.2, -0.15) is 0 Å². The van der Waals surface area contributed by atoms with Crippen LogP contribution in [0.1, 0.15) is 25.5 Å². The average Bonchev–Trinajstić information content (AvgIpc) is 2.32. The quantitative estimate of drug-likeness (QED) is 0.823. The second-order valence-corrected chi connectivity index (χ2v) is 3.88. The van der Waals surface area contributed by atoms with E-state index in [9.17, 15) is 14.7 Å². The molecule has 0 spiro atoms. The lowest BCUT2D eigenvalue weighted by atomic mass is 10.1. The molecule has 0 radical (unpaired) electrons. The van der Waals surface area contributed by atoms with Crippen molar-refractivity contribution in [2.24, 2.45) is 0 Å². The van der Waals surface area contributed by atoms with E-state index in [0.29, 0.717) is 5.56 Å². The fraction of sp³-hybridized carbons (Fsp3) is 0.385. The highest BCUT2D eigenvalue weighted by atomic mass is 16.5. The minimum atomic E-state index is -0.789. The zero-order valence-electron chi connectivity index (χ0n) is 10.7. The number of phenols is 1. The Kier molecular flexibility index (Phi) is 4.71. The molecule has 0 saturated heterocycles. The van der Waals surface area contributed by atoms with Crippen molar-refractivity contribution in [2.75, 3.05) is 13.7 Å². The zero-order chi connectivity index (χ0) is 13.7. The monoisotopic (exact) mass is 251 g/mol. The Morgan fingerprint density at radius 2 is 1.89 bits per heavy atom. The molecule has 0 unspecified atom stereocenters. The number of aromatic hydroxyl groups is 1. The van der Waals surface area contributed by atoms with Crippen LogP contribution in [0.5, 0.6) is 5.75 Å². The summed E-state index contributed by atoms with van der Waals surface area (Å²) in [6.07, 6.45) is 0. The molecule has 0 aromatic heterocycles. The third-order valence-corrected chi connectivity index (χ3v) is 2.60. The summed E-state index contributed by atoms with van der Waals surface area (Å²) in [5, 5.41) is 9.23. The van der Waals surface area contributed by atoms with Gasteiger partial charge >= 0.3 is 5.97 Å². The van der Waals surface area contributed by atoms with Crippen LogP contribution in [0, 0.1) is 0 Å². The van der Waals surface area contributed by atoms with Crippen LogP contribution in [-0.4, -0.2) is 35.5 Å². The molecule has 0 saturated carbocycles. The highest BCUT2D eigenvalue weighted by molar-refractivity contribution is 5.84. The smallest absolute Gasteiger partial charge is 0.333 e. The number of ether oxygens (including phenoxy) is 1. The maximum atomic E-state index is 11.9. The fourth-order valence-corrected chi connectivity index (χ4v) is 1.58. The van der Waals surface area contributed by atoms with Gasteiger partial charge in [-0.3, -0.25) is 4.79 Å². The molecule has 1 N–H and O–H groups in total. The second-order valence-electron chi connectivity index (χ2n) is 3.88. The summed E-state index contributed by atoms with van der Waals surface area (Å²) in [6.45, 7) is 3.34. The van der Waals surface area contributed by atoms with Gasteiger partial charge in [0.05, 0.1) is 6.61 Å². The van der Waals surface area contributed by atoms with Crippen LogP contribution >= 0.6 is 0 Å². The minimum absolute atomic E-state index is 0.104. The number of carbonyl (C=O) groups excluding carboxylic acids is 2. The number of rotatable bonds is 4. The molecule has 0 fully saturated rings. The summed E-state index contributed by atoms with van der Waals surface area (Å²) in [6, 6.07) is 5.33. The van der Waals surface area contributed by atoms with Crippen LogP contribution in [-0.2, 0) is 14.3 Å². The van der Waals surface area contributed by atoms with Crippen molar-refractivity contribution < 1.29 is 19.4 Å². The molecule has 18 heavy (non-hydrogen) atoms. The lowest BCUT2D eigenvalue weighted by Gasteiger charge is -2.25. The molecule has 0 aliphatic heterocycles. The van der Waals surface area contributed by atoms with Gasteiger partial charge in [0.1, 0.15) is 5.75 Å². The van der Waals surface area contributed by atoms with Crippen LogP contribution in [0.15, 0.2) is 24.3 Å². The number of benzene rings is 1. The Labute approximate surface area is 106 Å². The van der Waals surface area contributed by atoms with E-state index in [-0.39, 0.29) is 18.3 Å². The summed E-state index contributed by atoms with van der Waals surface area (Å²) in [5.41, 5.74) is 0.601. The first-order valence-electron chi connectivity index (χ1n) is 5.66. The van der Waals surface area contributed by atoms with Crippen molar-refractivity contribution in [3.05, 3.63) is 29.8 Å². The number of hydrogen-bond donors (Lipinski definition) is 1. The molecule has 1 aromatic rings. The first-order chi connectivity index (χ1) is 8.47. The Morgan fingerprint density at radius 3 is 2.33 bits per heavy atom. The zero-order valence-corrected chi connectivity index (χ0v) is 10.7. The number of carbonyl (C=O) groups is 2. The summed E-state index contributed by atoms with van der Waals surface area (Å²) < 4.78 is 4.96. The summed E-state index contributed by atoms with van der Waals surface area (Å²) in [4.78, 5) is 24.6. The highest BCUT2D eigenvalue weighted by Gasteiger charge is 2.28. The Bertz CT molecular complexity index is 427. The maximum absolute atomic E-state index is 11.9. The fourth-order valence-electron chi connectivity index (χ4n) is 1.58. The normalized spacial score (nSPS) is 11.7. The number of phenolic OH excluding ortho intramolecular Hbond substituents is 1. The van der Waals surface area contributed by atoms with Gasteiger partial charge < -0.3 is 14.7 Å². The van der Waals surface area contributed by atoms with Gasteiger partial charge in [0.15, 0.2) is 6.04 Å². The molecule has 0 heterocycles. The highest BCUT2D eigenvalue weighted by Crippen LogP contribution is 2.23. The maximum Gasteiger partial charge on any atom is 0.333 e. The molecule has 0 aliphatic carbocycles. The standard InChI is InChI=1S/C13H17NO4/c1-4-18-13(17)12(14(3)9(2)15)10-5-7-11(16)8-6-10/h5-8,12,16H,4H2,1-3H3/t12-/m1/s1. The summed E-state index contributed by atoms with van der Waals surface area (Å²) in [5.74, 6) is -0.617. The topological polar surface area (TPSA) is 66.8 Å².